The normalized spacial score (nSPS) is 10.1. The molecule has 114 valence electrons. The average molecular weight is 302 g/mol. The second-order valence-corrected chi connectivity index (χ2v) is 4.44. The molecule has 22 heavy (non-hydrogen) atoms. The molecule has 2 rings (SSSR count). The number of rotatable bonds is 5. The molecular weight excluding hydrogens is 288 g/mol. The van der Waals surface area contributed by atoms with Crippen LogP contribution in [0.4, 0.5) is 11.4 Å². The standard InChI is InChI=1S/C15H14N2O5/c1-22-13-7-4-11(9-18)14(8-13)16-15(19)10-2-5-12(6-3-10)17(20)21/h2-8,18H,9H2,1H3,(H,16,19). The average Bonchev–Trinajstić information content (AvgIpc) is 2.54. The van der Waals surface area contributed by atoms with Gasteiger partial charge in [-0.05, 0) is 18.2 Å². The lowest BCUT2D eigenvalue weighted by Crippen LogP contribution is -2.13. The fraction of sp³-hybridized carbons (Fsp3) is 0.133. The molecule has 2 aromatic carbocycles. The Hall–Kier alpha value is -2.93. The van der Waals surface area contributed by atoms with Gasteiger partial charge in [-0.1, -0.05) is 6.07 Å². The number of benzene rings is 2. The molecule has 0 aliphatic rings. The van der Waals surface area contributed by atoms with E-state index >= 15 is 0 Å². The molecule has 0 aliphatic heterocycles. The summed E-state index contributed by atoms with van der Waals surface area (Å²) in [5.74, 6) is 0.106. The van der Waals surface area contributed by atoms with Crippen molar-refractivity contribution in [2.75, 3.05) is 12.4 Å². The minimum absolute atomic E-state index is 0.0889. The van der Waals surface area contributed by atoms with Gasteiger partial charge in [0.1, 0.15) is 5.75 Å². The number of aliphatic hydroxyl groups excluding tert-OH is 1. The zero-order valence-electron chi connectivity index (χ0n) is 11.8. The van der Waals surface area contributed by atoms with Crippen molar-refractivity contribution in [1.29, 1.82) is 0 Å². The number of methoxy groups -OCH3 is 1. The number of hydrogen-bond donors (Lipinski definition) is 2. The third-order valence-electron chi connectivity index (χ3n) is 3.08. The molecule has 0 spiro atoms. The Morgan fingerprint density at radius 1 is 1.27 bits per heavy atom. The molecule has 0 atom stereocenters. The van der Waals surface area contributed by atoms with E-state index in [1.54, 1.807) is 18.2 Å². The highest BCUT2D eigenvalue weighted by molar-refractivity contribution is 6.04. The van der Waals surface area contributed by atoms with Gasteiger partial charge in [0.15, 0.2) is 0 Å². The summed E-state index contributed by atoms with van der Waals surface area (Å²) < 4.78 is 5.08. The summed E-state index contributed by atoms with van der Waals surface area (Å²) in [7, 11) is 1.50. The molecule has 2 N–H and O–H groups in total. The fourth-order valence-corrected chi connectivity index (χ4v) is 1.87. The molecule has 0 saturated carbocycles. The number of nitrogens with one attached hydrogen (secondary N) is 1. The molecule has 1 amide bonds. The molecule has 7 heteroatoms. The first-order chi connectivity index (χ1) is 10.5. The van der Waals surface area contributed by atoms with Crippen LogP contribution in [0.15, 0.2) is 42.5 Å². The van der Waals surface area contributed by atoms with Gasteiger partial charge < -0.3 is 15.2 Å². The maximum absolute atomic E-state index is 12.2. The first kappa shape index (κ1) is 15.5. The van der Waals surface area contributed by atoms with E-state index in [1.165, 1.54) is 31.4 Å². The SMILES string of the molecule is COc1ccc(CO)c(NC(=O)c2ccc([N+](=O)[O-])cc2)c1. The summed E-state index contributed by atoms with van der Waals surface area (Å²) in [6, 6.07) is 10.2. The second kappa shape index (κ2) is 6.68. The van der Waals surface area contributed by atoms with Crippen molar-refractivity contribution < 1.29 is 19.6 Å². The molecule has 2 aromatic rings. The largest absolute Gasteiger partial charge is 0.497 e. The smallest absolute Gasteiger partial charge is 0.269 e. The van der Waals surface area contributed by atoms with Crippen molar-refractivity contribution in [2.45, 2.75) is 6.61 Å². The molecule has 0 bridgehead atoms. The quantitative estimate of drug-likeness (QED) is 0.652. The molecular formula is C15H14N2O5. The Morgan fingerprint density at radius 3 is 2.50 bits per heavy atom. The van der Waals surface area contributed by atoms with Gasteiger partial charge in [-0.2, -0.15) is 0 Å². The lowest BCUT2D eigenvalue weighted by Gasteiger charge is -2.11. The maximum atomic E-state index is 12.2. The number of anilines is 1. The van der Waals surface area contributed by atoms with E-state index in [1.807, 2.05) is 0 Å². The summed E-state index contributed by atoms with van der Waals surface area (Å²) in [6.07, 6.45) is 0. The van der Waals surface area contributed by atoms with Crippen LogP contribution in [0.25, 0.3) is 0 Å². The van der Waals surface area contributed by atoms with Crippen molar-refractivity contribution in [3.05, 3.63) is 63.7 Å². The zero-order valence-corrected chi connectivity index (χ0v) is 11.8. The van der Waals surface area contributed by atoms with Crippen molar-refractivity contribution in [1.82, 2.24) is 0 Å². The van der Waals surface area contributed by atoms with Crippen molar-refractivity contribution in [3.8, 4) is 5.75 Å². The number of nitrogens with zero attached hydrogens (tertiary/aromatic N) is 1. The number of amides is 1. The van der Waals surface area contributed by atoms with Crippen molar-refractivity contribution in [2.24, 2.45) is 0 Å². The number of carbonyl (C=O) groups is 1. The minimum Gasteiger partial charge on any atom is -0.497 e. The Bertz CT molecular complexity index is 698. The van der Waals surface area contributed by atoms with E-state index in [-0.39, 0.29) is 17.9 Å². The maximum Gasteiger partial charge on any atom is 0.269 e. The molecule has 0 aliphatic carbocycles. The number of hydrogen-bond acceptors (Lipinski definition) is 5. The lowest BCUT2D eigenvalue weighted by atomic mass is 10.1. The van der Waals surface area contributed by atoms with E-state index in [4.69, 9.17) is 4.74 Å². The predicted octanol–water partition coefficient (Wildman–Crippen LogP) is 2.35. The van der Waals surface area contributed by atoms with E-state index in [9.17, 15) is 20.0 Å². The van der Waals surface area contributed by atoms with E-state index in [0.29, 0.717) is 17.0 Å². The summed E-state index contributed by atoms with van der Waals surface area (Å²) in [5, 5.41) is 22.5. The number of carbonyl (C=O) groups excluding carboxylic acids is 1. The molecule has 0 saturated heterocycles. The van der Waals surface area contributed by atoms with Gasteiger partial charge in [0, 0.05) is 29.3 Å². The summed E-state index contributed by atoms with van der Waals surface area (Å²) >= 11 is 0. The van der Waals surface area contributed by atoms with Gasteiger partial charge in [0.2, 0.25) is 0 Å². The predicted molar refractivity (Wildman–Crippen MR) is 80.0 cm³/mol. The van der Waals surface area contributed by atoms with Gasteiger partial charge in [0.25, 0.3) is 11.6 Å². The van der Waals surface area contributed by atoms with Crippen LogP contribution in [-0.2, 0) is 6.61 Å². The van der Waals surface area contributed by atoms with Crippen LogP contribution in [0.3, 0.4) is 0 Å². The van der Waals surface area contributed by atoms with Crippen molar-refractivity contribution >= 4 is 17.3 Å². The molecule has 0 unspecified atom stereocenters. The zero-order chi connectivity index (χ0) is 16.1. The number of nitro groups is 1. The van der Waals surface area contributed by atoms with Gasteiger partial charge in [-0.3, -0.25) is 14.9 Å². The minimum atomic E-state index is -0.534. The van der Waals surface area contributed by atoms with E-state index in [2.05, 4.69) is 5.32 Å². The monoisotopic (exact) mass is 302 g/mol. The molecule has 0 radical (unpaired) electrons. The lowest BCUT2D eigenvalue weighted by molar-refractivity contribution is -0.384. The van der Waals surface area contributed by atoms with Crippen LogP contribution in [0.1, 0.15) is 15.9 Å². The Balaban J connectivity index is 2.22. The fourth-order valence-electron chi connectivity index (χ4n) is 1.87. The van der Waals surface area contributed by atoms with Crippen LogP contribution >= 0.6 is 0 Å². The van der Waals surface area contributed by atoms with Crippen LogP contribution in [0.2, 0.25) is 0 Å². The summed E-state index contributed by atoms with van der Waals surface area (Å²) in [5.41, 5.74) is 1.15. The highest BCUT2D eigenvalue weighted by Gasteiger charge is 2.12. The van der Waals surface area contributed by atoms with E-state index in [0.717, 1.165) is 0 Å². The van der Waals surface area contributed by atoms with Crippen LogP contribution < -0.4 is 10.1 Å². The first-order valence-electron chi connectivity index (χ1n) is 6.38. The number of ether oxygens (including phenoxy) is 1. The summed E-state index contributed by atoms with van der Waals surface area (Å²) in [6.45, 7) is -0.236. The summed E-state index contributed by atoms with van der Waals surface area (Å²) in [4.78, 5) is 22.2. The Morgan fingerprint density at radius 2 is 1.95 bits per heavy atom. The van der Waals surface area contributed by atoms with Gasteiger partial charge in [-0.25, -0.2) is 0 Å². The highest BCUT2D eigenvalue weighted by atomic mass is 16.6. The molecule has 7 nitrogen and oxygen atoms in total. The molecule has 0 fully saturated rings. The van der Waals surface area contributed by atoms with Gasteiger partial charge in [-0.15, -0.1) is 0 Å². The topological polar surface area (TPSA) is 102 Å². The highest BCUT2D eigenvalue weighted by Crippen LogP contribution is 2.23. The van der Waals surface area contributed by atoms with E-state index < -0.39 is 10.8 Å². The second-order valence-electron chi connectivity index (χ2n) is 4.44. The number of non-ortho nitro benzene ring substituents is 1. The molecule has 0 heterocycles. The third kappa shape index (κ3) is 3.39. The Kier molecular flexibility index (Phi) is 4.70. The first-order valence-corrected chi connectivity index (χ1v) is 6.38. The van der Waals surface area contributed by atoms with Crippen LogP contribution in [0.5, 0.6) is 5.75 Å². The van der Waals surface area contributed by atoms with Gasteiger partial charge >= 0.3 is 0 Å². The third-order valence-corrected chi connectivity index (χ3v) is 3.08. The van der Waals surface area contributed by atoms with Crippen LogP contribution in [0, 0.1) is 10.1 Å². The number of aliphatic hydroxyl groups is 1. The number of nitro benzene ring substituents is 1. The molecule has 0 aromatic heterocycles. The van der Waals surface area contributed by atoms with Crippen molar-refractivity contribution in [3.63, 3.8) is 0 Å². The Labute approximate surface area is 126 Å². The van der Waals surface area contributed by atoms with Gasteiger partial charge in [0.05, 0.1) is 24.3 Å². The van der Waals surface area contributed by atoms with Crippen LogP contribution in [-0.4, -0.2) is 23.0 Å².